The number of nitrogens with zero attached hydrogens (tertiary/aromatic N) is 3. The molecular formula is C19H25FIN5O. The van der Waals surface area contributed by atoms with Gasteiger partial charge < -0.3 is 15.4 Å². The first-order chi connectivity index (χ1) is 12.7. The van der Waals surface area contributed by atoms with Crippen molar-refractivity contribution in [1.29, 1.82) is 0 Å². The Bertz CT molecular complexity index is 779. The third kappa shape index (κ3) is 4.78. The molecule has 2 saturated heterocycles. The van der Waals surface area contributed by atoms with Crippen LogP contribution >= 0.6 is 24.0 Å². The Hall–Kier alpha value is -1.68. The summed E-state index contributed by atoms with van der Waals surface area (Å²) in [5, 5.41) is 11.4. The molecule has 6 nitrogen and oxygen atoms in total. The van der Waals surface area contributed by atoms with Crippen LogP contribution in [0.25, 0.3) is 5.69 Å². The number of guanidine groups is 1. The second-order valence-electron chi connectivity index (χ2n) is 6.84. The predicted octanol–water partition coefficient (Wildman–Crippen LogP) is 2.66. The standard InChI is InChI=1S/C19H24FN5O.HI/c1-21-19(23-17-12-16-6-7-18(17)26-16)22-10-8-14-9-11-25(24-14)15-4-2-13(20)3-5-15;/h2-5,9,11,16-18H,6-8,10,12H2,1H3,(H2,21,22,23);1H. The van der Waals surface area contributed by atoms with Crippen LogP contribution in [-0.2, 0) is 11.2 Å². The average molecular weight is 485 g/mol. The summed E-state index contributed by atoms with van der Waals surface area (Å²) >= 11 is 0. The molecule has 0 saturated carbocycles. The van der Waals surface area contributed by atoms with Crippen LogP contribution in [0.5, 0.6) is 0 Å². The van der Waals surface area contributed by atoms with E-state index < -0.39 is 0 Å². The Morgan fingerprint density at radius 2 is 2.11 bits per heavy atom. The molecular weight excluding hydrogens is 460 g/mol. The molecule has 1 aromatic heterocycles. The summed E-state index contributed by atoms with van der Waals surface area (Å²) in [5.74, 6) is 0.564. The number of aliphatic imine (C=N–C) groups is 1. The van der Waals surface area contributed by atoms with E-state index in [4.69, 9.17) is 4.74 Å². The summed E-state index contributed by atoms with van der Waals surface area (Å²) in [7, 11) is 1.78. The van der Waals surface area contributed by atoms with Crippen LogP contribution in [0.3, 0.4) is 0 Å². The van der Waals surface area contributed by atoms with E-state index in [9.17, 15) is 4.39 Å². The van der Waals surface area contributed by atoms with E-state index >= 15 is 0 Å². The van der Waals surface area contributed by atoms with Crippen molar-refractivity contribution in [3.05, 3.63) is 48.0 Å². The lowest BCUT2D eigenvalue weighted by Gasteiger charge is -2.22. The molecule has 4 rings (SSSR count). The summed E-state index contributed by atoms with van der Waals surface area (Å²) in [6.45, 7) is 0.738. The Labute approximate surface area is 175 Å². The first-order valence-electron chi connectivity index (χ1n) is 9.14. The molecule has 2 aliphatic heterocycles. The number of ether oxygens (including phenoxy) is 1. The van der Waals surface area contributed by atoms with Crippen LogP contribution in [0, 0.1) is 5.82 Å². The fraction of sp³-hybridized carbons (Fsp3) is 0.474. The third-order valence-corrected chi connectivity index (χ3v) is 5.06. The van der Waals surface area contributed by atoms with Crippen molar-refractivity contribution in [2.45, 2.75) is 43.9 Å². The van der Waals surface area contributed by atoms with Crippen LogP contribution in [0.4, 0.5) is 4.39 Å². The predicted molar refractivity (Wildman–Crippen MR) is 113 cm³/mol. The van der Waals surface area contributed by atoms with E-state index in [1.807, 2.05) is 12.3 Å². The monoisotopic (exact) mass is 485 g/mol. The Morgan fingerprint density at radius 1 is 1.30 bits per heavy atom. The number of nitrogens with one attached hydrogen (secondary N) is 2. The van der Waals surface area contributed by atoms with Crippen LogP contribution in [-0.4, -0.2) is 47.6 Å². The summed E-state index contributed by atoms with van der Waals surface area (Å²) in [5.41, 5.74) is 1.82. The SMILES string of the molecule is CN=C(NCCc1ccn(-c2ccc(F)cc2)n1)NC1CC2CCC1O2.I. The molecule has 3 atom stereocenters. The van der Waals surface area contributed by atoms with E-state index in [-0.39, 0.29) is 29.8 Å². The van der Waals surface area contributed by atoms with Crippen molar-refractivity contribution in [1.82, 2.24) is 20.4 Å². The number of fused-ring (bicyclic) bond motifs is 2. The van der Waals surface area contributed by atoms with Crippen LogP contribution in [0.2, 0.25) is 0 Å². The van der Waals surface area contributed by atoms with Crippen LogP contribution < -0.4 is 10.6 Å². The lowest BCUT2D eigenvalue weighted by molar-refractivity contribution is 0.0992. The second-order valence-corrected chi connectivity index (χ2v) is 6.84. The molecule has 1 aromatic carbocycles. The lowest BCUT2D eigenvalue weighted by atomic mass is 9.96. The van der Waals surface area contributed by atoms with E-state index in [1.165, 1.54) is 18.6 Å². The Kier molecular flexibility index (Phi) is 6.69. The van der Waals surface area contributed by atoms with E-state index in [1.54, 1.807) is 23.9 Å². The number of rotatable bonds is 5. The van der Waals surface area contributed by atoms with Gasteiger partial charge in [-0.1, -0.05) is 0 Å². The molecule has 3 heterocycles. The second kappa shape index (κ2) is 9.01. The van der Waals surface area contributed by atoms with Crippen molar-refractivity contribution in [3.8, 4) is 5.69 Å². The maximum absolute atomic E-state index is 13.0. The van der Waals surface area contributed by atoms with Gasteiger partial charge in [0, 0.05) is 26.2 Å². The molecule has 27 heavy (non-hydrogen) atoms. The highest BCUT2D eigenvalue weighted by Crippen LogP contribution is 2.34. The molecule has 2 bridgehead atoms. The highest BCUT2D eigenvalue weighted by molar-refractivity contribution is 14.0. The van der Waals surface area contributed by atoms with Crippen LogP contribution in [0.1, 0.15) is 25.0 Å². The zero-order valence-electron chi connectivity index (χ0n) is 15.3. The summed E-state index contributed by atoms with van der Waals surface area (Å²) in [6, 6.07) is 8.64. The van der Waals surface area contributed by atoms with Gasteiger partial charge in [0.15, 0.2) is 5.96 Å². The van der Waals surface area contributed by atoms with Gasteiger partial charge in [0.25, 0.3) is 0 Å². The van der Waals surface area contributed by atoms with Gasteiger partial charge in [-0.15, -0.1) is 24.0 Å². The van der Waals surface area contributed by atoms with Crippen molar-refractivity contribution in [2.24, 2.45) is 4.99 Å². The topological polar surface area (TPSA) is 63.5 Å². The molecule has 2 aromatic rings. The molecule has 2 aliphatic rings. The van der Waals surface area contributed by atoms with Crippen molar-refractivity contribution in [2.75, 3.05) is 13.6 Å². The summed E-state index contributed by atoms with van der Waals surface area (Å²) < 4.78 is 20.6. The minimum Gasteiger partial charge on any atom is -0.373 e. The molecule has 0 amide bonds. The number of aromatic nitrogens is 2. The van der Waals surface area contributed by atoms with Gasteiger partial charge in [-0.2, -0.15) is 5.10 Å². The highest BCUT2D eigenvalue weighted by atomic mass is 127. The maximum atomic E-state index is 13.0. The minimum absolute atomic E-state index is 0. The fourth-order valence-corrected chi connectivity index (χ4v) is 3.70. The smallest absolute Gasteiger partial charge is 0.191 e. The molecule has 2 N–H and O–H groups in total. The molecule has 8 heteroatoms. The largest absolute Gasteiger partial charge is 0.373 e. The zero-order valence-corrected chi connectivity index (χ0v) is 17.6. The van der Waals surface area contributed by atoms with E-state index in [0.29, 0.717) is 18.2 Å². The van der Waals surface area contributed by atoms with Crippen molar-refractivity contribution >= 4 is 29.9 Å². The Balaban J connectivity index is 0.00000210. The molecule has 2 fully saturated rings. The van der Waals surface area contributed by atoms with Gasteiger partial charge in [-0.3, -0.25) is 4.99 Å². The van der Waals surface area contributed by atoms with Gasteiger partial charge in [0.2, 0.25) is 0 Å². The van der Waals surface area contributed by atoms with Crippen LogP contribution in [0.15, 0.2) is 41.5 Å². The number of halogens is 2. The molecule has 0 spiro atoms. The Morgan fingerprint density at radius 3 is 2.78 bits per heavy atom. The van der Waals surface area contributed by atoms with Gasteiger partial charge in [0.1, 0.15) is 5.82 Å². The van der Waals surface area contributed by atoms with Gasteiger partial charge in [0.05, 0.1) is 29.6 Å². The maximum Gasteiger partial charge on any atom is 0.191 e. The van der Waals surface area contributed by atoms with E-state index in [2.05, 4.69) is 20.7 Å². The fourth-order valence-electron chi connectivity index (χ4n) is 3.70. The molecule has 0 aliphatic carbocycles. The van der Waals surface area contributed by atoms with Crippen molar-refractivity contribution in [3.63, 3.8) is 0 Å². The lowest BCUT2D eigenvalue weighted by Crippen LogP contribution is -2.47. The van der Waals surface area contributed by atoms with Gasteiger partial charge in [-0.05, 0) is 49.6 Å². The molecule has 3 unspecified atom stereocenters. The molecule has 146 valence electrons. The van der Waals surface area contributed by atoms with Crippen molar-refractivity contribution < 1.29 is 9.13 Å². The van der Waals surface area contributed by atoms with Gasteiger partial charge >= 0.3 is 0 Å². The molecule has 0 radical (unpaired) electrons. The highest BCUT2D eigenvalue weighted by Gasteiger charge is 2.41. The normalized spacial score (nSPS) is 23.9. The third-order valence-electron chi connectivity index (χ3n) is 5.06. The number of hydrogen-bond acceptors (Lipinski definition) is 3. The average Bonchev–Trinajstić information content (AvgIpc) is 3.38. The minimum atomic E-state index is -0.245. The quantitative estimate of drug-likeness (QED) is 0.389. The first-order valence-corrected chi connectivity index (χ1v) is 9.14. The summed E-state index contributed by atoms with van der Waals surface area (Å²) in [4.78, 5) is 4.31. The van der Waals surface area contributed by atoms with E-state index in [0.717, 1.165) is 43.1 Å². The zero-order chi connectivity index (χ0) is 17.9. The first kappa shape index (κ1) is 20.1. The summed E-state index contributed by atoms with van der Waals surface area (Å²) in [6.07, 6.45) is 6.81. The number of hydrogen-bond donors (Lipinski definition) is 2. The number of benzene rings is 1. The van der Waals surface area contributed by atoms with Gasteiger partial charge in [-0.25, -0.2) is 9.07 Å².